The predicted molar refractivity (Wildman–Crippen MR) is 64.5 cm³/mol. The van der Waals surface area contributed by atoms with Crippen LogP contribution in [0.4, 0.5) is 5.82 Å². The van der Waals surface area contributed by atoms with E-state index in [0.29, 0.717) is 5.92 Å². The van der Waals surface area contributed by atoms with E-state index in [0.717, 1.165) is 29.2 Å². The Morgan fingerprint density at radius 2 is 2.12 bits per heavy atom. The first kappa shape index (κ1) is 10.1. The summed E-state index contributed by atoms with van der Waals surface area (Å²) in [5, 5.41) is 3.12. The molecular formula is C13H19N3. The predicted octanol–water partition coefficient (Wildman–Crippen LogP) is 2.73. The number of aryl methyl sites for hydroxylation is 1. The van der Waals surface area contributed by atoms with E-state index in [1.807, 2.05) is 13.1 Å². The summed E-state index contributed by atoms with van der Waals surface area (Å²) >= 11 is 0. The van der Waals surface area contributed by atoms with E-state index in [4.69, 9.17) is 0 Å². The molecule has 3 heteroatoms. The molecule has 1 N–H and O–H groups in total. The molecule has 16 heavy (non-hydrogen) atoms. The molecule has 2 fully saturated rings. The molecule has 1 heterocycles. The Balaban J connectivity index is 1.91. The highest BCUT2D eigenvalue weighted by atomic mass is 15.0. The van der Waals surface area contributed by atoms with E-state index in [-0.39, 0.29) is 0 Å². The molecule has 0 spiro atoms. The maximum Gasteiger partial charge on any atom is 0.134 e. The zero-order valence-corrected chi connectivity index (χ0v) is 10.0. The molecule has 0 radical (unpaired) electrons. The number of fused-ring (bicyclic) bond motifs is 2. The molecule has 0 amide bonds. The summed E-state index contributed by atoms with van der Waals surface area (Å²) in [4.78, 5) is 9.26. The molecule has 0 saturated heterocycles. The first-order chi connectivity index (χ1) is 7.76. The minimum Gasteiger partial charge on any atom is -0.373 e. The van der Waals surface area contributed by atoms with Gasteiger partial charge in [-0.15, -0.1) is 0 Å². The van der Waals surface area contributed by atoms with E-state index in [1.54, 1.807) is 0 Å². The fourth-order valence-corrected chi connectivity index (χ4v) is 3.45. The number of hydrogen-bond donors (Lipinski definition) is 1. The molecular weight excluding hydrogens is 198 g/mol. The number of nitrogens with zero attached hydrogens (tertiary/aromatic N) is 2. The second-order valence-corrected chi connectivity index (χ2v) is 5.28. The Hall–Kier alpha value is -1.12. The van der Waals surface area contributed by atoms with Crippen LogP contribution in [0.1, 0.15) is 43.1 Å². The molecule has 3 nitrogen and oxygen atoms in total. The Morgan fingerprint density at radius 3 is 2.75 bits per heavy atom. The van der Waals surface area contributed by atoms with Crippen LogP contribution in [0.5, 0.6) is 0 Å². The number of rotatable bonds is 2. The lowest BCUT2D eigenvalue weighted by molar-refractivity contribution is 0.405. The van der Waals surface area contributed by atoms with Gasteiger partial charge in [0.15, 0.2) is 0 Å². The van der Waals surface area contributed by atoms with Crippen molar-refractivity contribution in [2.24, 2.45) is 11.8 Å². The van der Waals surface area contributed by atoms with Gasteiger partial charge in [0.05, 0.1) is 0 Å². The molecule has 3 unspecified atom stereocenters. The summed E-state index contributed by atoms with van der Waals surface area (Å²) < 4.78 is 0. The summed E-state index contributed by atoms with van der Waals surface area (Å²) in [6.45, 7) is 2.05. The van der Waals surface area contributed by atoms with Gasteiger partial charge >= 0.3 is 0 Å². The van der Waals surface area contributed by atoms with Crippen molar-refractivity contribution >= 4 is 5.82 Å². The van der Waals surface area contributed by atoms with Crippen LogP contribution in [0.15, 0.2) is 6.07 Å². The number of aromatic nitrogens is 2. The average molecular weight is 217 g/mol. The standard InChI is InChI=1S/C13H19N3/c1-8-5-12(14-2)16-13(15-8)11-7-9-3-4-10(11)6-9/h5,9-11H,3-4,6-7H2,1-2H3,(H,14,15,16). The molecule has 3 atom stereocenters. The highest BCUT2D eigenvalue weighted by molar-refractivity contribution is 5.35. The van der Waals surface area contributed by atoms with Crippen LogP contribution >= 0.6 is 0 Å². The molecule has 2 aliphatic carbocycles. The summed E-state index contributed by atoms with van der Waals surface area (Å²) in [5.74, 6) is 4.49. The lowest BCUT2D eigenvalue weighted by atomic mass is 9.88. The van der Waals surface area contributed by atoms with Crippen molar-refractivity contribution in [2.75, 3.05) is 12.4 Å². The second kappa shape index (κ2) is 3.72. The summed E-state index contributed by atoms with van der Waals surface area (Å²) in [6, 6.07) is 2.01. The van der Waals surface area contributed by atoms with Gasteiger partial charge in [0.25, 0.3) is 0 Å². The number of hydrogen-bond acceptors (Lipinski definition) is 3. The monoisotopic (exact) mass is 217 g/mol. The summed E-state index contributed by atoms with van der Waals surface area (Å²) in [5.41, 5.74) is 1.08. The molecule has 1 aromatic heterocycles. The summed E-state index contributed by atoms with van der Waals surface area (Å²) in [6.07, 6.45) is 5.56. The zero-order valence-electron chi connectivity index (χ0n) is 10.0. The van der Waals surface area contributed by atoms with Gasteiger partial charge in [-0.1, -0.05) is 6.42 Å². The van der Waals surface area contributed by atoms with E-state index in [9.17, 15) is 0 Å². The Morgan fingerprint density at radius 1 is 1.25 bits per heavy atom. The SMILES string of the molecule is CNc1cc(C)nc(C2CC3CCC2C3)n1. The Kier molecular flexibility index (Phi) is 2.34. The van der Waals surface area contributed by atoms with Gasteiger partial charge in [-0.05, 0) is 38.0 Å². The van der Waals surface area contributed by atoms with E-state index < -0.39 is 0 Å². The van der Waals surface area contributed by atoms with Crippen molar-refractivity contribution in [3.8, 4) is 0 Å². The highest BCUT2D eigenvalue weighted by Crippen LogP contribution is 2.52. The van der Waals surface area contributed by atoms with Crippen molar-refractivity contribution < 1.29 is 0 Å². The third kappa shape index (κ3) is 1.58. The van der Waals surface area contributed by atoms with Gasteiger partial charge in [0.1, 0.15) is 11.6 Å². The van der Waals surface area contributed by atoms with E-state index in [1.165, 1.54) is 25.7 Å². The zero-order chi connectivity index (χ0) is 11.1. The van der Waals surface area contributed by atoms with Gasteiger partial charge in [0.2, 0.25) is 0 Å². The Bertz CT molecular complexity index is 402. The normalized spacial score (nSPS) is 32.0. The summed E-state index contributed by atoms with van der Waals surface area (Å²) in [7, 11) is 1.92. The van der Waals surface area contributed by atoms with Crippen molar-refractivity contribution in [3.05, 3.63) is 17.6 Å². The maximum absolute atomic E-state index is 4.63. The third-order valence-corrected chi connectivity index (χ3v) is 4.20. The fraction of sp³-hybridized carbons (Fsp3) is 0.692. The molecule has 2 bridgehead atoms. The van der Waals surface area contributed by atoms with Crippen molar-refractivity contribution in [1.29, 1.82) is 0 Å². The van der Waals surface area contributed by atoms with Crippen molar-refractivity contribution in [2.45, 2.75) is 38.5 Å². The first-order valence-electron chi connectivity index (χ1n) is 6.29. The number of nitrogens with one attached hydrogen (secondary N) is 1. The molecule has 1 aromatic rings. The molecule has 3 rings (SSSR count). The quantitative estimate of drug-likeness (QED) is 0.827. The largest absolute Gasteiger partial charge is 0.373 e. The van der Waals surface area contributed by atoms with Crippen molar-refractivity contribution in [3.63, 3.8) is 0 Å². The molecule has 2 saturated carbocycles. The van der Waals surface area contributed by atoms with Crippen LogP contribution in [0, 0.1) is 18.8 Å². The van der Waals surface area contributed by atoms with Crippen LogP contribution in [-0.2, 0) is 0 Å². The van der Waals surface area contributed by atoms with Gasteiger partial charge in [0, 0.05) is 24.7 Å². The lowest BCUT2D eigenvalue weighted by Gasteiger charge is -2.20. The lowest BCUT2D eigenvalue weighted by Crippen LogP contribution is -2.13. The van der Waals surface area contributed by atoms with Crippen LogP contribution in [0.25, 0.3) is 0 Å². The van der Waals surface area contributed by atoms with Gasteiger partial charge in [-0.2, -0.15) is 0 Å². The smallest absolute Gasteiger partial charge is 0.134 e. The van der Waals surface area contributed by atoms with E-state index in [2.05, 4.69) is 22.2 Å². The maximum atomic E-state index is 4.63. The van der Waals surface area contributed by atoms with Gasteiger partial charge < -0.3 is 5.32 Å². The topological polar surface area (TPSA) is 37.8 Å². The molecule has 2 aliphatic rings. The van der Waals surface area contributed by atoms with Crippen LogP contribution in [-0.4, -0.2) is 17.0 Å². The van der Waals surface area contributed by atoms with Crippen LogP contribution in [0.2, 0.25) is 0 Å². The average Bonchev–Trinajstić information content (AvgIpc) is 2.89. The first-order valence-corrected chi connectivity index (χ1v) is 6.29. The molecule has 0 aliphatic heterocycles. The molecule has 86 valence electrons. The van der Waals surface area contributed by atoms with Crippen molar-refractivity contribution in [1.82, 2.24) is 9.97 Å². The fourth-order valence-electron chi connectivity index (χ4n) is 3.45. The highest BCUT2D eigenvalue weighted by Gasteiger charge is 2.41. The molecule has 0 aromatic carbocycles. The second-order valence-electron chi connectivity index (χ2n) is 5.28. The third-order valence-electron chi connectivity index (χ3n) is 4.20. The van der Waals surface area contributed by atoms with Crippen LogP contribution < -0.4 is 5.32 Å². The minimum atomic E-state index is 0.630. The Labute approximate surface area is 96.7 Å². The van der Waals surface area contributed by atoms with Crippen LogP contribution in [0.3, 0.4) is 0 Å². The minimum absolute atomic E-state index is 0.630. The van der Waals surface area contributed by atoms with E-state index >= 15 is 0 Å². The van der Waals surface area contributed by atoms with Gasteiger partial charge in [-0.3, -0.25) is 0 Å². The van der Waals surface area contributed by atoms with Gasteiger partial charge in [-0.25, -0.2) is 9.97 Å². The number of anilines is 1.